The Labute approximate surface area is 179 Å². The zero-order valence-corrected chi connectivity index (χ0v) is 17.5. The molecule has 1 aliphatic heterocycles. The fraction of sp³-hybridized carbons (Fsp3) is 0.261. The number of nitrogens with one attached hydrogen (secondary N) is 1. The Bertz CT molecular complexity index is 1200. The van der Waals surface area contributed by atoms with Crippen molar-refractivity contribution in [1.82, 2.24) is 14.8 Å². The Morgan fingerprint density at radius 3 is 2.74 bits per heavy atom. The molecule has 1 aromatic carbocycles. The van der Waals surface area contributed by atoms with Crippen molar-refractivity contribution in [3.63, 3.8) is 0 Å². The first-order chi connectivity index (χ1) is 14.9. The molecule has 0 aliphatic carbocycles. The van der Waals surface area contributed by atoms with Crippen molar-refractivity contribution < 1.29 is 23.5 Å². The molecule has 0 bridgehead atoms. The second-order valence-corrected chi connectivity index (χ2v) is 7.40. The van der Waals surface area contributed by atoms with E-state index in [2.05, 4.69) is 28.5 Å². The first kappa shape index (κ1) is 20.5. The van der Waals surface area contributed by atoms with Crippen molar-refractivity contribution in [2.75, 3.05) is 7.11 Å². The summed E-state index contributed by atoms with van der Waals surface area (Å²) in [5, 5.41) is 3.64. The molecule has 1 atom stereocenters. The lowest BCUT2D eigenvalue weighted by Crippen LogP contribution is -2.30. The maximum absolute atomic E-state index is 12.9. The zero-order valence-electron chi connectivity index (χ0n) is 17.5. The summed E-state index contributed by atoms with van der Waals surface area (Å²) in [6, 6.07) is 10.7. The lowest BCUT2D eigenvalue weighted by atomic mass is 10.1. The number of nitrogens with zero attached hydrogens (tertiary/aromatic N) is 2. The van der Waals surface area contributed by atoms with Gasteiger partial charge in [-0.3, -0.25) is 9.69 Å². The summed E-state index contributed by atoms with van der Waals surface area (Å²) in [7, 11) is 1.25. The highest BCUT2D eigenvalue weighted by molar-refractivity contribution is 6.14. The Balaban J connectivity index is 1.62. The highest BCUT2D eigenvalue weighted by Gasteiger charge is 2.34. The molecule has 3 amide bonds. The van der Waals surface area contributed by atoms with Gasteiger partial charge < -0.3 is 19.0 Å². The van der Waals surface area contributed by atoms with Crippen molar-refractivity contribution in [3.8, 4) is 0 Å². The van der Waals surface area contributed by atoms with Gasteiger partial charge in [0.15, 0.2) is 0 Å². The van der Waals surface area contributed by atoms with E-state index < -0.39 is 17.9 Å². The Morgan fingerprint density at radius 2 is 2.00 bits per heavy atom. The van der Waals surface area contributed by atoms with Crippen LogP contribution in [-0.4, -0.2) is 34.5 Å². The summed E-state index contributed by atoms with van der Waals surface area (Å²) >= 11 is 0. The van der Waals surface area contributed by atoms with E-state index in [4.69, 9.17) is 4.42 Å². The van der Waals surface area contributed by atoms with Crippen LogP contribution in [0.4, 0.5) is 4.79 Å². The van der Waals surface area contributed by atoms with E-state index in [9.17, 15) is 14.4 Å². The number of urea groups is 1. The predicted octanol–water partition coefficient (Wildman–Crippen LogP) is 4.08. The molecule has 8 heteroatoms. The van der Waals surface area contributed by atoms with Crippen LogP contribution in [0.2, 0.25) is 0 Å². The van der Waals surface area contributed by atoms with E-state index in [1.165, 1.54) is 19.2 Å². The fourth-order valence-electron chi connectivity index (χ4n) is 3.61. The van der Waals surface area contributed by atoms with Crippen molar-refractivity contribution in [1.29, 1.82) is 0 Å². The van der Waals surface area contributed by atoms with E-state index in [0.717, 1.165) is 27.8 Å². The number of aromatic nitrogens is 1. The first-order valence-electron chi connectivity index (χ1n) is 10.0. The molecule has 160 valence electrons. The molecule has 1 N–H and O–H groups in total. The summed E-state index contributed by atoms with van der Waals surface area (Å²) in [4.78, 5) is 37.9. The largest absolute Gasteiger partial charge is 0.463 e. The summed E-state index contributed by atoms with van der Waals surface area (Å²) < 4.78 is 12.2. The van der Waals surface area contributed by atoms with E-state index >= 15 is 0 Å². The molecule has 8 nitrogen and oxygen atoms in total. The Morgan fingerprint density at radius 1 is 1.23 bits per heavy atom. The zero-order chi connectivity index (χ0) is 22.1. The molecule has 0 saturated carbocycles. The molecule has 1 fully saturated rings. The number of benzene rings is 1. The van der Waals surface area contributed by atoms with Gasteiger partial charge in [0.1, 0.15) is 11.5 Å². The van der Waals surface area contributed by atoms with Gasteiger partial charge in [0.25, 0.3) is 5.91 Å². The third kappa shape index (κ3) is 3.72. The summed E-state index contributed by atoms with van der Waals surface area (Å²) in [6.07, 6.45) is 4.67. The van der Waals surface area contributed by atoms with Gasteiger partial charge >= 0.3 is 12.0 Å². The molecule has 3 heterocycles. The number of carbonyl (C=O) groups is 3. The highest BCUT2D eigenvalue weighted by Crippen LogP contribution is 2.28. The Hall–Kier alpha value is -3.81. The number of para-hydroxylation sites is 1. The monoisotopic (exact) mass is 421 g/mol. The molecule has 1 unspecified atom stereocenters. The van der Waals surface area contributed by atoms with Crippen LogP contribution in [0.5, 0.6) is 0 Å². The number of carbonyl (C=O) groups excluding carboxylic acids is 3. The van der Waals surface area contributed by atoms with Crippen LogP contribution in [0.3, 0.4) is 0 Å². The minimum absolute atomic E-state index is 0.0122. The van der Waals surface area contributed by atoms with Gasteiger partial charge in [-0.1, -0.05) is 25.1 Å². The number of hydrogen-bond acceptors (Lipinski definition) is 5. The van der Waals surface area contributed by atoms with Crippen molar-refractivity contribution >= 4 is 34.9 Å². The molecule has 0 radical (unpaired) electrons. The molecule has 2 aromatic heterocycles. The first-order valence-corrected chi connectivity index (χ1v) is 10.0. The smallest absolute Gasteiger partial charge is 0.373 e. The highest BCUT2D eigenvalue weighted by atomic mass is 16.5. The topological polar surface area (TPSA) is 93.8 Å². The molecular weight excluding hydrogens is 398 g/mol. The molecule has 31 heavy (non-hydrogen) atoms. The van der Waals surface area contributed by atoms with E-state index in [0.29, 0.717) is 11.8 Å². The van der Waals surface area contributed by atoms with Gasteiger partial charge in [0.05, 0.1) is 13.7 Å². The van der Waals surface area contributed by atoms with Gasteiger partial charge in [0, 0.05) is 28.7 Å². The van der Waals surface area contributed by atoms with Gasteiger partial charge in [-0.15, -0.1) is 0 Å². The van der Waals surface area contributed by atoms with Crippen LogP contribution in [0, 0.1) is 0 Å². The van der Waals surface area contributed by atoms with Crippen LogP contribution < -0.4 is 5.32 Å². The Kier molecular flexibility index (Phi) is 5.37. The van der Waals surface area contributed by atoms with Crippen LogP contribution in [0.15, 0.2) is 52.7 Å². The fourth-order valence-corrected chi connectivity index (χ4v) is 3.61. The lowest BCUT2D eigenvalue weighted by molar-refractivity contribution is -0.123. The van der Waals surface area contributed by atoms with E-state index in [1.54, 1.807) is 6.08 Å². The number of methoxy groups -OCH3 is 1. The number of hydrogen-bond donors (Lipinski definition) is 1. The molecule has 1 aliphatic rings. The minimum atomic E-state index is -0.623. The normalized spacial score (nSPS) is 16.2. The molecule has 1 saturated heterocycles. The average molecular weight is 421 g/mol. The minimum Gasteiger partial charge on any atom is -0.463 e. The predicted molar refractivity (Wildman–Crippen MR) is 114 cm³/mol. The van der Waals surface area contributed by atoms with Crippen LogP contribution in [0.1, 0.15) is 48.2 Å². The van der Waals surface area contributed by atoms with Gasteiger partial charge in [-0.2, -0.15) is 0 Å². The van der Waals surface area contributed by atoms with Crippen LogP contribution in [-0.2, 0) is 16.1 Å². The number of amides is 3. The third-order valence-electron chi connectivity index (χ3n) is 5.46. The number of ether oxygens (including phenoxy) is 1. The van der Waals surface area contributed by atoms with Gasteiger partial charge in [-0.25, -0.2) is 9.59 Å². The SMILES string of the molecule is CCC(C)n1cc(C=C2NC(=O)N(Cc3ccc(C(=O)OC)o3)C2=O)c2ccccc21. The second kappa shape index (κ2) is 8.14. The van der Waals surface area contributed by atoms with E-state index in [-0.39, 0.29) is 18.0 Å². The van der Waals surface area contributed by atoms with Gasteiger partial charge in [0.2, 0.25) is 5.76 Å². The molecule has 4 rings (SSSR count). The maximum atomic E-state index is 12.9. The average Bonchev–Trinajstić information content (AvgIpc) is 3.46. The maximum Gasteiger partial charge on any atom is 0.373 e. The second-order valence-electron chi connectivity index (χ2n) is 7.40. The van der Waals surface area contributed by atoms with Crippen molar-refractivity contribution in [2.24, 2.45) is 0 Å². The van der Waals surface area contributed by atoms with Gasteiger partial charge in [-0.05, 0) is 37.6 Å². The summed E-state index contributed by atoms with van der Waals surface area (Å²) in [5.41, 5.74) is 2.12. The molecular formula is C23H23N3O5. The number of esters is 1. The van der Waals surface area contributed by atoms with Crippen molar-refractivity contribution in [2.45, 2.75) is 32.9 Å². The molecule has 3 aromatic rings. The van der Waals surface area contributed by atoms with Crippen molar-refractivity contribution in [3.05, 3.63) is 65.4 Å². The number of imide groups is 1. The van der Waals surface area contributed by atoms with Crippen LogP contribution >= 0.6 is 0 Å². The van der Waals surface area contributed by atoms with Crippen LogP contribution in [0.25, 0.3) is 17.0 Å². The van der Waals surface area contributed by atoms with E-state index in [1.807, 2.05) is 30.5 Å². The quantitative estimate of drug-likeness (QED) is 0.368. The standard InChI is InChI=1S/C23H23N3O5/c1-4-14(2)25-12-15(17-7-5-6-8-19(17)25)11-18-21(27)26(23(29)24-18)13-16-9-10-20(31-16)22(28)30-3/h5-12,14H,4,13H2,1-3H3,(H,24,29). The summed E-state index contributed by atoms with van der Waals surface area (Å²) in [6.45, 7) is 4.17. The molecule has 0 spiro atoms. The third-order valence-corrected chi connectivity index (χ3v) is 5.46. The number of rotatable bonds is 6. The number of fused-ring (bicyclic) bond motifs is 1. The lowest BCUT2D eigenvalue weighted by Gasteiger charge is -2.12. The number of furan rings is 1. The summed E-state index contributed by atoms with van der Waals surface area (Å²) in [5.74, 6) is -0.764.